The van der Waals surface area contributed by atoms with E-state index < -0.39 is 23.7 Å². The lowest BCUT2D eigenvalue weighted by Crippen LogP contribution is -2.45. The lowest BCUT2D eigenvalue weighted by Gasteiger charge is -2.28. The number of nitrogens with one attached hydrogen (secondary N) is 1. The number of imide groups is 1. The highest BCUT2D eigenvalue weighted by atomic mass is 16.6. The molecule has 1 aromatic rings. The molecule has 2 rings (SSSR count). The number of aromatic nitrogens is 2. The van der Waals surface area contributed by atoms with E-state index >= 15 is 0 Å². The molecule has 0 saturated carbocycles. The number of fused-ring (bicyclic) bond motifs is 1. The summed E-state index contributed by atoms with van der Waals surface area (Å²) < 4.78 is 6.51. The van der Waals surface area contributed by atoms with Crippen LogP contribution in [-0.4, -0.2) is 50.0 Å². The molecule has 1 aliphatic heterocycles. The van der Waals surface area contributed by atoms with Crippen molar-refractivity contribution in [2.75, 3.05) is 11.9 Å². The van der Waals surface area contributed by atoms with Crippen LogP contribution in [0.25, 0.3) is 0 Å². The van der Waals surface area contributed by atoms with E-state index in [0.717, 1.165) is 0 Å². The van der Waals surface area contributed by atoms with Crippen LogP contribution >= 0.6 is 0 Å². The third-order valence-electron chi connectivity index (χ3n) is 2.97. The molecule has 1 unspecified atom stereocenters. The van der Waals surface area contributed by atoms with Gasteiger partial charge in [0.1, 0.15) is 5.60 Å². The number of carbonyl (C=O) groups is 3. The Bertz CT molecular complexity index is 631. The number of amides is 3. The van der Waals surface area contributed by atoms with Crippen molar-refractivity contribution in [3.05, 3.63) is 11.9 Å². The van der Waals surface area contributed by atoms with Gasteiger partial charge in [-0.2, -0.15) is 5.10 Å². The van der Waals surface area contributed by atoms with E-state index in [1.165, 1.54) is 10.9 Å². The molecule has 0 aliphatic carbocycles. The van der Waals surface area contributed by atoms with Crippen LogP contribution in [0.3, 0.4) is 0 Å². The third-order valence-corrected chi connectivity index (χ3v) is 2.97. The summed E-state index contributed by atoms with van der Waals surface area (Å²) in [4.78, 5) is 35.9. The predicted octanol–water partition coefficient (Wildman–Crippen LogP) is 1.92. The molecule has 0 spiro atoms. The number of nitrogens with zero attached hydrogens (tertiary/aromatic N) is 3. The summed E-state index contributed by atoms with van der Waals surface area (Å²) in [5.74, 6) is -0.728. The van der Waals surface area contributed by atoms with E-state index in [4.69, 9.17) is 9.84 Å². The molecular formula is C13H18N4O5. The molecule has 1 atom stereocenters. The molecule has 1 aromatic heterocycles. The Kier molecular flexibility index (Phi) is 3.82. The minimum Gasteiger partial charge on any atom is -0.465 e. The van der Waals surface area contributed by atoms with Crippen LogP contribution in [-0.2, 0) is 4.74 Å². The fourth-order valence-electron chi connectivity index (χ4n) is 2.13. The molecule has 0 bridgehead atoms. The van der Waals surface area contributed by atoms with Crippen molar-refractivity contribution in [3.8, 4) is 0 Å². The summed E-state index contributed by atoms with van der Waals surface area (Å²) in [6.07, 6.45) is -0.775. The van der Waals surface area contributed by atoms with Gasteiger partial charge in [0.15, 0.2) is 5.69 Å². The minimum atomic E-state index is -1.34. The van der Waals surface area contributed by atoms with Crippen molar-refractivity contribution in [2.45, 2.75) is 39.3 Å². The first kappa shape index (κ1) is 15.8. The van der Waals surface area contributed by atoms with Gasteiger partial charge in [-0.25, -0.2) is 14.5 Å². The van der Waals surface area contributed by atoms with Gasteiger partial charge < -0.3 is 9.84 Å². The molecule has 1 aliphatic rings. The Morgan fingerprint density at radius 1 is 1.45 bits per heavy atom. The largest absolute Gasteiger partial charge is 0.465 e. The number of ether oxygens (including phenoxy) is 1. The van der Waals surface area contributed by atoms with Gasteiger partial charge in [-0.1, -0.05) is 0 Å². The highest BCUT2D eigenvalue weighted by Crippen LogP contribution is 2.26. The van der Waals surface area contributed by atoms with E-state index in [0.29, 0.717) is 4.90 Å². The molecule has 120 valence electrons. The zero-order valence-electron chi connectivity index (χ0n) is 12.8. The number of carboxylic acid groups (broad SMARTS) is 1. The predicted molar refractivity (Wildman–Crippen MR) is 75.9 cm³/mol. The van der Waals surface area contributed by atoms with E-state index in [-0.39, 0.29) is 24.0 Å². The smallest absolute Gasteiger partial charge is 0.414 e. The molecule has 9 nitrogen and oxygen atoms in total. The number of hydrogen-bond donors (Lipinski definition) is 2. The van der Waals surface area contributed by atoms with Gasteiger partial charge in [-0.15, -0.1) is 0 Å². The lowest BCUT2D eigenvalue weighted by molar-refractivity contribution is 0.0636. The van der Waals surface area contributed by atoms with Gasteiger partial charge in [-0.05, 0) is 27.7 Å². The van der Waals surface area contributed by atoms with Gasteiger partial charge in [0.2, 0.25) is 0 Å². The summed E-state index contributed by atoms with van der Waals surface area (Å²) >= 11 is 0. The fraction of sp³-hybridized carbons (Fsp3) is 0.538. The van der Waals surface area contributed by atoms with Crippen molar-refractivity contribution in [1.29, 1.82) is 0 Å². The van der Waals surface area contributed by atoms with Crippen LogP contribution in [0, 0.1) is 0 Å². The Morgan fingerprint density at radius 2 is 2.09 bits per heavy atom. The monoisotopic (exact) mass is 310 g/mol. The average molecular weight is 310 g/mol. The molecule has 0 fully saturated rings. The minimum absolute atomic E-state index is 0.00865. The first-order valence-corrected chi connectivity index (χ1v) is 6.72. The first-order chi connectivity index (χ1) is 10.1. The lowest BCUT2D eigenvalue weighted by atomic mass is 10.2. The summed E-state index contributed by atoms with van der Waals surface area (Å²) in [7, 11) is 0. The number of carbonyl (C=O) groups excluding carboxylic acids is 2. The maximum Gasteiger partial charge on any atom is 0.414 e. The van der Waals surface area contributed by atoms with E-state index in [1.807, 2.05) is 0 Å². The van der Waals surface area contributed by atoms with Crippen LogP contribution in [0.5, 0.6) is 0 Å². The number of rotatable bonds is 1. The molecule has 9 heteroatoms. The summed E-state index contributed by atoms with van der Waals surface area (Å²) in [5.41, 5.74) is -0.550. The fourth-order valence-corrected chi connectivity index (χ4v) is 2.13. The van der Waals surface area contributed by atoms with Crippen molar-refractivity contribution < 1.29 is 24.2 Å². The highest BCUT2D eigenvalue weighted by Gasteiger charge is 2.36. The maximum absolute atomic E-state index is 12.2. The molecule has 2 N–H and O–H groups in total. The molecule has 0 aromatic carbocycles. The topological polar surface area (TPSA) is 114 Å². The maximum atomic E-state index is 12.2. The van der Waals surface area contributed by atoms with Crippen molar-refractivity contribution in [1.82, 2.24) is 14.7 Å². The summed E-state index contributed by atoms with van der Waals surface area (Å²) in [6, 6.07) is -0.321. The van der Waals surface area contributed by atoms with E-state index in [2.05, 4.69) is 10.4 Å². The van der Waals surface area contributed by atoms with Crippen LogP contribution in [0.1, 0.15) is 44.2 Å². The van der Waals surface area contributed by atoms with Gasteiger partial charge >= 0.3 is 12.2 Å². The average Bonchev–Trinajstić information content (AvgIpc) is 2.75. The molecular weight excluding hydrogens is 292 g/mol. The summed E-state index contributed by atoms with van der Waals surface area (Å²) in [5, 5.41) is 15.5. The second-order valence-corrected chi connectivity index (χ2v) is 6.03. The van der Waals surface area contributed by atoms with Gasteiger partial charge in [-0.3, -0.25) is 14.8 Å². The van der Waals surface area contributed by atoms with Crippen molar-refractivity contribution >= 4 is 23.8 Å². The summed E-state index contributed by atoms with van der Waals surface area (Å²) in [6.45, 7) is 6.86. The molecule has 0 radical (unpaired) electrons. The SMILES string of the molecule is CC1CN(C(=O)O)C(=O)c2c(NC(=O)OC(C)(C)C)cnn21. The zero-order chi connectivity index (χ0) is 16.7. The van der Waals surface area contributed by atoms with Crippen LogP contribution in [0.2, 0.25) is 0 Å². The quantitative estimate of drug-likeness (QED) is 0.819. The Labute approximate surface area is 126 Å². The van der Waals surface area contributed by atoms with Gasteiger partial charge in [0.05, 0.1) is 24.5 Å². The Balaban J connectivity index is 2.29. The van der Waals surface area contributed by atoms with Crippen LogP contribution in [0.15, 0.2) is 6.20 Å². The molecule has 2 heterocycles. The third kappa shape index (κ3) is 3.02. The Morgan fingerprint density at radius 3 is 2.64 bits per heavy atom. The molecule has 0 saturated heterocycles. The van der Waals surface area contributed by atoms with Crippen LogP contribution in [0.4, 0.5) is 15.3 Å². The second-order valence-electron chi connectivity index (χ2n) is 6.03. The highest BCUT2D eigenvalue weighted by molar-refractivity contribution is 6.07. The van der Waals surface area contributed by atoms with Crippen molar-refractivity contribution in [2.24, 2.45) is 0 Å². The zero-order valence-corrected chi connectivity index (χ0v) is 12.8. The van der Waals surface area contributed by atoms with Gasteiger partial charge in [0.25, 0.3) is 5.91 Å². The van der Waals surface area contributed by atoms with Gasteiger partial charge in [0, 0.05) is 0 Å². The Hall–Kier alpha value is -2.58. The van der Waals surface area contributed by atoms with E-state index in [9.17, 15) is 14.4 Å². The standard InChI is InChI=1S/C13H18N4O5/c1-7-6-16(12(20)21)10(18)9-8(5-14-17(7)9)15-11(19)22-13(2,3)4/h5,7H,6H2,1-4H3,(H,15,19)(H,20,21). The first-order valence-electron chi connectivity index (χ1n) is 6.72. The number of anilines is 1. The second kappa shape index (κ2) is 5.32. The van der Waals surface area contributed by atoms with E-state index in [1.54, 1.807) is 27.7 Å². The number of hydrogen-bond acceptors (Lipinski definition) is 5. The normalized spacial score (nSPS) is 17.9. The molecule has 22 heavy (non-hydrogen) atoms. The van der Waals surface area contributed by atoms with Crippen LogP contribution < -0.4 is 5.32 Å². The molecule has 3 amide bonds. The van der Waals surface area contributed by atoms with Crippen molar-refractivity contribution in [3.63, 3.8) is 0 Å².